The van der Waals surface area contributed by atoms with E-state index in [0.717, 1.165) is 29.6 Å². The number of alkyl halides is 3. The van der Waals surface area contributed by atoms with Gasteiger partial charge in [0.05, 0.1) is 23.5 Å². The number of halogens is 3. The monoisotopic (exact) mass is 482 g/mol. The van der Waals surface area contributed by atoms with Crippen molar-refractivity contribution in [1.82, 2.24) is 9.80 Å². The number of thiocarbonyl (C=S) groups is 1. The van der Waals surface area contributed by atoms with E-state index in [1.165, 1.54) is 18.2 Å². The van der Waals surface area contributed by atoms with Crippen LogP contribution in [0.5, 0.6) is 0 Å². The van der Waals surface area contributed by atoms with Gasteiger partial charge in [0.2, 0.25) is 5.91 Å². The van der Waals surface area contributed by atoms with Crippen molar-refractivity contribution in [2.45, 2.75) is 17.5 Å². The van der Waals surface area contributed by atoms with Crippen molar-refractivity contribution < 1.29 is 18.0 Å². The highest BCUT2D eigenvalue weighted by molar-refractivity contribution is 7.98. The number of thioether (sulfide) groups is 1. The highest BCUT2D eigenvalue weighted by Crippen LogP contribution is 2.34. The van der Waals surface area contributed by atoms with Crippen LogP contribution in [-0.2, 0) is 11.0 Å². The minimum atomic E-state index is -4.52. The first-order chi connectivity index (χ1) is 15.3. The molecule has 0 bridgehead atoms. The Labute approximate surface area is 195 Å². The Bertz CT molecular complexity index is 955. The van der Waals surface area contributed by atoms with E-state index in [4.69, 9.17) is 12.2 Å². The zero-order valence-electron chi connectivity index (χ0n) is 17.6. The Hall–Kier alpha value is -2.30. The second-order valence-corrected chi connectivity index (χ2v) is 8.57. The van der Waals surface area contributed by atoms with E-state index >= 15 is 0 Å². The van der Waals surface area contributed by atoms with Crippen LogP contribution in [0.2, 0.25) is 0 Å². The van der Waals surface area contributed by atoms with Crippen LogP contribution < -0.4 is 10.6 Å². The molecule has 1 aliphatic heterocycles. The van der Waals surface area contributed by atoms with Gasteiger partial charge in [-0.2, -0.15) is 13.2 Å². The van der Waals surface area contributed by atoms with Gasteiger partial charge in [-0.3, -0.25) is 9.69 Å². The lowest BCUT2D eigenvalue weighted by Crippen LogP contribution is -2.39. The molecular weight excluding hydrogens is 457 g/mol. The Morgan fingerprint density at radius 3 is 2.41 bits per heavy atom. The Morgan fingerprint density at radius 2 is 1.69 bits per heavy atom. The summed E-state index contributed by atoms with van der Waals surface area (Å²) in [5, 5.41) is 6.33. The summed E-state index contributed by atoms with van der Waals surface area (Å²) in [6, 6.07) is 12.9. The summed E-state index contributed by atoms with van der Waals surface area (Å²) in [4.78, 5) is 17.5. The molecule has 1 aliphatic rings. The molecule has 2 aromatic carbocycles. The predicted octanol–water partition coefficient (Wildman–Crippen LogP) is 4.77. The predicted molar refractivity (Wildman–Crippen MR) is 127 cm³/mol. The number of rotatable bonds is 5. The maximum Gasteiger partial charge on any atom is 0.418 e. The highest BCUT2D eigenvalue weighted by atomic mass is 32.2. The van der Waals surface area contributed by atoms with E-state index in [1.807, 2.05) is 35.4 Å². The van der Waals surface area contributed by atoms with Crippen LogP contribution in [0.1, 0.15) is 12.0 Å². The summed E-state index contributed by atoms with van der Waals surface area (Å²) in [6.45, 7) is 2.63. The fraction of sp³-hybridized carbons (Fsp3) is 0.364. The van der Waals surface area contributed by atoms with Crippen molar-refractivity contribution in [3.8, 4) is 0 Å². The second kappa shape index (κ2) is 11.0. The molecule has 0 aliphatic carbocycles. The lowest BCUT2D eigenvalue weighted by Gasteiger charge is -2.25. The number of nitrogens with zero attached hydrogens (tertiary/aromatic N) is 2. The lowest BCUT2D eigenvalue weighted by atomic mass is 10.1. The van der Waals surface area contributed by atoms with Gasteiger partial charge >= 0.3 is 6.18 Å². The van der Waals surface area contributed by atoms with Crippen molar-refractivity contribution in [3.05, 3.63) is 54.1 Å². The molecule has 1 heterocycles. The summed E-state index contributed by atoms with van der Waals surface area (Å²) >= 11 is 7.22. The number of anilines is 2. The first-order valence-corrected chi connectivity index (χ1v) is 11.8. The van der Waals surface area contributed by atoms with E-state index in [-0.39, 0.29) is 12.2 Å². The number of para-hydroxylation sites is 2. The van der Waals surface area contributed by atoms with Crippen LogP contribution in [0.3, 0.4) is 0 Å². The van der Waals surface area contributed by atoms with Crippen molar-refractivity contribution in [2.24, 2.45) is 0 Å². The van der Waals surface area contributed by atoms with Gasteiger partial charge in [0, 0.05) is 31.1 Å². The summed E-state index contributed by atoms with van der Waals surface area (Å²) in [5.41, 5.74) is -0.120. The van der Waals surface area contributed by atoms with Gasteiger partial charge in [-0.25, -0.2) is 0 Å². The Balaban J connectivity index is 1.54. The van der Waals surface area contributed by atoms with Crippen molar-refractivity contribution >= 4 is 46.4 Å². The van der Waals surface area contributed by atoms with Gasteiger partial charge in [-0.05, 0) is 49.2 Å². The van der Waals surface area contributed by atoms with Gasteiger partial charge in [0.1, 0.15) is 0 Å². The van der Waals surface area contributed by atoms with Crippen LogP contribution >= 0.6 is 24.0 Å². The standard InChI is InChI=1S/C22H25F3N4OS2/c1-32-19-10-5-4-9-18(19)27-21(31)29-12-6-11-28(13-14-29)15-20(30)26-17-8-3-2-7-16(17)22(23,24)25/h2-5,7-10H,6,11-15H2,1H3,(H,26,30)(H,27,31). The third kappa shape index (κ3) is 6.60. The molecule has 0 atom stereocenters. The number of hydrogen-bond acceptors (Lipinski definition) is 4. The fourth-order valence-electron chi connectivity index (χ4n) is 3.51. The molecule has 2 N–H and O–H groups in total. The number of hydrogen-bond donors (Lipinski definition) is 2. The topological polar surface area (TPSA) is 47.6 Å². The van der Waals surface area contributed by atoms with E-state index in [1.54, 1.807) is 11.8 Å². The highest BCUT2D eigenvalue weighted by Gasteiger charge is 2.33. The zero-order valence-corrected chi connectivity index (χ0v) is 19.2. The minimum absolute atomic E-state index is 0.0233. The normalized spacial score (nSPS) is 15.2. The number of carbonyl (C=O) groups is 1. The first-order valence-electron chi connectivity index (χ1n) is 10.2. The van der Waals surface area contributed by atoms with Crippen LogP contribution in [0.25, 0.3) is 0 Å². The largest absolute Gasteiger partial charge is 0.418 e. The molecule has 5 nitrogen and oxygen atoms in total. The van der Waals surface area contributed by atoms with E-state index in [9.17, 15) is 18.0 Å². The van der Waals surface area contributed by atoms with E-state index < -0.39 is 17.6 Å². The Kier molecular flexibility index (Phi) is 8.38. The van der Waals surface area contributed by atoms with Crippen LogP contribution in [0.4, 0.5) is 24.5 Å². The number of amides is 1. The molecule has 2 aromatic rings. The molecule has 1 saturated heterocycles. The fourth-order valence-corrected chi connectivity index (χ4v) is 4.35. The van der Waals surface area contributed by atoms with Gasteiger partial charge in [0.15, 0.2) is 5.11 Å². The number of benzene rings is 2. The third-order valence-corrected chi connectivity index (χ3v) is 6.25. The van der Waals surface area contributed by atoms with Gasteiger partial charge < -0.3 is 15.5 Å². The van der Waals surface area contributed by atoms with Crippen LogP contribution in [0, 0.1) is 0 Å². The summed E-state index contributed by atoms with van der Waals surface area (Å²) < 4.78 is 39.4. The average Bonchev–Trinajstić information content (AvgIpc) is 2.99. The zero-order chi connectivity index (χ0) is 23.1. The Morgan fingerprint density at radius 1 is 1.00 bits per heavy atom. The maximum absolute atomic E-state index is 13.1. The molecule has 1 amide bonds. The summed E-state index contributed by atoms with van der Waals surface area (Å²) in [5.74, 6) is -0.468. The number of nitrogens with one attached hydrogen (secondary N) is 2. The molecule has 0 unspecified atom stereocenters. The molecule has 10 heteroatoms. The summed E-state index contributed by atoms with van der Waals surface area (Å²) in [6.07, 6.45) is -1.73. The molecule has 1 fully saturated rings. The van der Waals surface area contributed by atoms with Gasteiger partial charge in [-0.1, -0.05) is 24.3 Å². The van der Waals surface area contributed by atoms with Crippen LogP contribution in [-0.4, -0.2) is 59.8 Å². The molecule has 0 spiro atoms. The van der Waals surface area contributed by atoms with E-state index in [0.29, 0.717) is 24.7 Å². The first kappa shape index (κ1) is 24.3. The molecule has 3 rings (SSSR count). The van der Waals surface area contributed by atoms with Crippen LogP contribution in [0.15, 0.2) is 53.4 Å². The molecule has 32 heavy (non-hydrogen) atoms. The lowest BCUT2D eigenvalue weighted by molar-refractivity contribution is -0.137. The minimum Gasteiger partial charge on any atom is -0.348 e. The van der Waals surface area contributed by atoms with Crippen molar-refractivity contribution in [1.29, 1.82) is 0 Å². The van der Waals surface area contributed by atoms with Crippen molar-refractivity contribution in [2.75, 3.05) is 49.6 Å². The second-order valence-electron chi connectivity index (χ2n) is 7.34. The van der Waals surface area contributed by atoms with Crippen molar-refractivity contribution in [3.63, 3.8) is 0 Å². The third-order valence-electron chi connectivity index (χ3n) is 5.10. The molecule has 172 valence electrons. The number of carbonyl (C=O) groups excluding carboxylic acids is 1. The maximum atomic E-state index is 13.1. The SMILES string of the molecule is CSc1ccccc1NC(=S)N1CCCN(CC(=O)Nc2ccccc2C(F)(F)F)CC1. The van der Waals surface area contributed by atoms with Gasteiger partial charge in [0.25, 0.3) is 0 Å². The molecule has 0 radical (unpaired) electrons. The average molecular weight is 483 g/mol. The van der Waals surface area contributed by atoms with Gasteiger partial charge in [-0.15, -0.1) is 11.8 Å². The van der Waals surface area contributed by atoms with E-state index in [2.05, 4.69) is 15.5 Å². The quantitative estimate of drug-likeness (QED) is 0.473. The molecular formula is C22H25F3N4OS2. The smallest absolute Gasteiger partial charge is 0.348 e. The molecule has 0 saturated carbocycles. The summed E-state index contributed by atoms with van der Waals surface area (Å²) in [7, 11) is 0. The molecule has 0 aromatic heterocycles.